The number of benzene rings is 1. The van der Waals surface area contributed by atoms with Crippen LogP contribution in [-0.2, 0) is 0 Å². The van der Waals surface area contributed by atoms with Crippen LogP contribution in [0.4, 0.5) is 5.69 Å². The van der Waals surface area contributed by atoms with Gasteiger partial charge in [-0.25, -0.2) is 0 Å². The molecule has 2 rings (SSSR count). The van der Waals surface area contributed by atoms with E-state index >= 15 is 0 Å². The minimum atomic E-state index is 0.398. The van der Waals surface area contributed by atoms with Crippen LogP contribution in [0.3, 0.4) is 0 Å². The molecule has 0 amide bonds. The first-order valence-corrected chi connectivity index (χ1v) is 6.79. The summed E-state index contributed by atoms with van der Waals surface area (Å²) in [5.41, 5.74) is 6.35. The third kappa shape index (κ3) is 4.27. The zero-order valence-corrected chi connectivity index (χ0v) is 12.5. The number of anilines is 1. The molecule has 0 aliphatic rings. The Hall–Kier alpha value is -2.43. The maximum absolute atomic E-state index is 5.85. The van der Waals surface area contributed by atoms with Crippen LogP contribution in [0.2, 0.25) is 0 Å². The monoisotopic (exact) mass is 288 g/mol. The predicted molar refractivity (Wildman–Crippen MR) is 82.1 cm³/mol. The molecule has 0 spiro atoms. The molecule has 0 saturated heterocycles. The van der Waals surface area contributed by atoms with Gasteiger partial charge in [0.25, 0.3) is 0 Å². The van der Waals surface area contributed by atoms with Gasteiger partial charge in [0.1, 0.15) is 11.5 Å². The first kappa shape index (κ1) is 15.0. The van der Waals surface area contributed by atoms with Crippen molar-refractivity contribution in [3.8, 4) is 23.3 Å². The van der Waals surface area contributed by atoms with Gasteiger partial charge in [0.2, 0.25) is 11.8 Å². The van der Waals surface area contributed by atoms with Crippen molar-refractivity contribution >= 4 is 5.69 Å². The van der Waals surface area contributed by atoms with Crippen molar-refractivity contribution in [2.24, 2.45) is 5.92 Å². The van der Waals surface area contributed by atoms with Crippen LogP contribution < -0.4 is 19.9 Å². The Kier molecular flexibility index (Phi) is 4.87. The van der Waals surface area contributed by atoms with Crippen LogP contribution in [-0.4, -0.2) is 18.7 Å². The summed E-state index contributed by atoms with van der Waals surface area (Å²) in [6.45, 7) is 4.69. The van der Waals surface area contributed by atoms with E-state index in [-0.39, 0.29) is 0 Å². The largest absolute Gasteiger partial charge is 0.497 e. The van der Waals surface area contributed by atoms with E-state index in [1.807, 2.05) is 24.3 Å². The third-order valence-corrected chi connectivity index (χ3v) is 2.70. The smallest absolute Gasteiger partial charge is 0.240 e. The van der Waals surface area contributed by atoms with E-state index in [0.717, 1.165) is 5.75 Å². The van der Waals surface area contributed by atoms with Crippen molar-refractivity contribution < 1.29 is 14.2 Å². The summed E-state index contributed by atoms with van der Waals surface area (Å²) in [6, 6.07) is 10.7. The highest BCUT2D eigenvalue weighted by molar-refractivity contribution is 5.49. The summed E-state index contributed by atoms with van der Waals surface area (Å²) in [5.74, 6) is 2.68. The number of nitrogens with two attached hydrogens (primary N) is 1. The summed E-state index contributed by atoms with van der Waals surface area (Å²) in [7, 11) is 1.62. The van der Waals surface area contributed by atoms with Gasteiger partial charge in [0.05, 0.1) is 19.4 Å². The summed E-state index contributed by atoms with van der Waals surface area (Å²) in [6.07, 6.45) is 0. The molecule has 0 unspecified atom stereocenters. The molecule has 5 heteroatoms. The molecule has 2 N–H and O–H groups in total. The third-order valence-electron chi connectivity index (χ3n) is 2.70. The Morgan fingerprint density at radius 3 is 2.33 bits per heavy atom. The van der Waals surface area contributed by atoms with Gasteiger partial charge in [0, 0.05) is 6.07 Å². The predicted octanol–water partition coefficient (Wildman–Crippen LogP) is 3.50. The van der Waals surface area contributed by atoms with Gasteiger partial charge in [-0.15, -0.1) is 0 Å². The normalized spacial score (nSPS) is 10.5. The van der Waals surface area contributed by atoms with Crippen LogP contribution in [0.25, 0.3) is 0 Å². The Balaban J connectivity index is 2.10. The number of hydrogen-bond donors (Lipinski definition) is 1. The van der Waals surface area contributed by atoms with Crippen molar-refractivity contribution in [1.82, 2.24) is 4.98 Å². The molecule has 112 valence electrons. The fourth-order valence-corrected chi connectivity index (χ4v) is 1.62. The van der Waals surface area contributed by atoms with Crippen molar-refractivity contribution in [2.45, 2.75) is 13.8 Å². The zero-order chi connectivity index (χ0) is 15.2. The number of methoxy groups -OCH3 is 1. The number of hydrogen-bond acceptors (Lipinski definition) is 5. The molecule has 1 aromatic heterocycles. The number of nitrogens with zero attached hydrogens (tertiary/aromatic N) is 1. The lowest BCUT2D eigenvalue weighted by Crippen LogP contribution is -2.07. The summed E-state index contributed by atoms with van der Waals surface area (Å²) in [5, 5.41) is 0. The van der Waals surface area contributed by atoms with Crippen LogP contribution in [0, 0.1) is 5.92 Å². The van der Waals surface area contributed by atoms with Gasteiger partial charge in [-0.2, -0.15) is 4.98 Å². The standard InChI is InChI=1S/C16H20N2O3/c1-11(2)10-20-16-14(17)8-9-15(18-16)21-13-6-4-12(19-3)5-7-13/h4-9,11H,10,17H2,1-3H3. The molecular formula is C16H20N2O3. The maximum atomic E-state index is 5.85. The van der Waals surface area contributed by atoms with Gasteiger partial charge < -0.3 is 19.9 Å². The van der Waals surface area contributed by atoms with Gasteiger partial charge >= 0.3 is 0 Å². The summed E-state index contributed by atoms with van der Waals surface area (Å²) in [4.78, 5) is 4.28. The molecule has 0 aliphatic heterocycles. The van der Waals surface area contributed by atoms with Gasteiger partial charge in [-0.05, 0) is 36.2 Å². The van der Waals surface area contributed by atoms with E-state index in [0.29, 0.717) is 35.7 Å². The van der Waals surface area contributed by atoms with Crippen molar-refractivity contribution in [3.63, 3.8) is 0 Å². The molecule has 0 fully saturated rings. The van der Waals surface area contributed by atoms with Gasteiger partial charge in [-0.1, -0.05) is 13.8 Å². The second-order valence-corrected chi connectivity index (χ2v) is 5.03. The van der Waals surface area contributed by atoms with E-state index in [9.17, 15) is 0 Å². The van der Waals surface area contributed by atoms with Crippen molar-refractivity contribution in [2.75, 3.05) is 19.5 Å². The lowest BCUT2D eigenvalue weighted by Gasteiger charge is -2.11. The number of nitrogen functional groups attached to an aromatic ring is 1. The Bertz CT molecular complexity index is 583. The molecule has 21 heavy (non-hydrogen) atoms. The lowest BCUT2D eigenvalue weighted by atomic mass is 10.2. The fourth-order valence-electron chi connectivity index (χ4n) is 1.62. The van der Waals surface area contributed by atoms with Gasteiger partial charge in [-0.3, -0.25) is 0 Å². The summed E-state index contributed by atoms with van der Waals surface area (Å²) < 4.78 is 16.4. The van der Waals surface area contributed by atoms with E-state index in [1.165, 1.54) is 0 Å². The zero-order valence-electron chi connectivity index (χ0n) is 12.5. The van der Waals surface area contributed by atoms with Crippen LogP contribution >= 0.6 is 0 Å². The lowest BCUT2D eigenvalue weighted by molar-refractivity contribution is 0.260. The fraction of sp³-hybridized carbons (Fsp3) is 0.312. The number of ether oxygens (including phenoxy) is 3. The molecule has 1 heterocycles. The van der Waals surface area contributed by atoms with E-state index < -0.39 is 0 Å². The quantitative estimate of drug-likeness (QED) is 0.881. The second kappa shape index (κ2) is 6.83. The first-order chi connectivity index (χ1) is 10.1. The second-order valence-electron chi connectivity index (χ2n) is 5.03. The molecule has 0 atom stereocenters. The number of aromatic nitrogens is 1. The molecular weight excluding hydrogens is 268 g/mol. The molecule has 0 saturated carbocycles. The molecule has 0 aliphatic carbocycles. The van der Waals surface area contributed by atoms with Crippen LogP contribution in [0.1, 0.15) is 13.8 Å². The molecule has 5 nitrogen and oxygen atoms in total. The summed E-state index contributed by atoms with van der Waals surface area (Å²) >= 11 is 0. The van der Waals surface area contributed by atoms with E-state index in [2.05, 4.69) is 18.8 Å². The number of pyridine rings is 1. The minimum absolute atomic E-state index is 0.398. The van der Waals surface area contributed by atoms with E-state index in [1.54, 1.807) is 19.2 Å². The Morgan fingerprint density at radius 2 is 1.71 bits per heavy atom. The molecule has 0 radical (unpaired) electrons. The van der Waals surface area contributed by atoms with Crippen molar-refractivity contribution in [1.29, 1.82) is 0 Å². The highest BCUT2D eigenvalue weighted by Gasteiger charge is 2.07. The topological polar surface area (TPSA) is 66.6 Å². The number of rotatable bonds is 6. The highest BCUT2D eigenvalue weighted by Crippen LogP contribution is 2.27. The Labute approximate surface area is 124 Å². The van der Waals surface area contributed by atoms with E-state index in [4.69, 9.17) is 19.9 Å². The highest BCUT2D eigenvalue weighted by atomic mass is 16.5. The van der Waals surface area contributed by atoms with Crippen molar-refractivity contribution in [3.05, 3.63) is 36.4 Å². The first-order valence-electron chi connectivity index (χ1n) is 6.79. The molecule has 2 aromatic rings. The van der Waals surface area contributed by atoms with Crippen LogP contribution in [0.15, 0.2) is 36.4 Å². The molecule has 1 aromatic carbocycles. The minimum Gasteiger partial charge on any atom is -0.497 e. The maximum Gasteiger partial charge on any atom is 0.240 e. The average Bonchev–Trinajstić information content (AvgIpc) is 2.48. The van der Waals surface area contributed by atoms with Gasteiger partial charge in [0.15, 0.2) is 0 Å². The average molecular weight is 288 g/mol. The van der Waals surface area contributed by atoms with Crippen LogP contribution in [0.5, 0.6) is 23.3 Å². The Morgan fingerprint density at radius 1 is 1.05 bits per heavy atom. The molecule has 0 bridgehead atoms. The SMILES string of the molecule is COc1ccc(Oc2ccc(N)c(OCC(C)C)n2)cc1.